The molecule has 88 valence electrons. The molecule has 0 radical (unpaired) electrons. The number of anilines is 1. The van der Waals surface area contributed by atoms with Crippen molar-refractivity contribution in [2.75, 3.05) is 18.6 Å². The van der Waals surface area contributed by atoms with Crippen LogP contribution in [0.2, 0.25) is 0 Å². The first-order valence-electron chi connectivity index (χ1n) is 5.44. The molecule has 3 rings (SSSR count). The van der Waals surface area contributed by atoms with Crippen molar-refractivity contribution in [3.05, 3.63) is 45.1 Å². The average molecular weight is 310 g/mol. The highest BCUT2D eigenvalue weighted by molar-refractivity contribution is 9.10. The molecule has 0 aliphatic carbocycles. The number of hydrogen-bond donors (Lipinski definition) is 0. The fraction of sp³-hybridized carbons (Fsp3) is 0.231. The number of likely N-dealkylation sites (N-methyl/N-ethyl adjacent to an activating group) is 1. The van der Waals surface area contributed by atoms with Gasteiger partial charge in [-0.25, -0.2) is 0 Å². The Kier molecular flexibility index (Phi) is 2.84. The van der Waals surface area contributed by atoms with Gasteiger partial charge in [-0.3, -0.25) is 0 Å². The zero-order valence-electron chi connectivity index (χ0n) is 9.39. The second kappa shape index (κ2) is 4.35. The van der Waals surface area contributed by atoms with Crippen molar-refractivity contribution in [1.82, 2.24) is 0 Å². The summed E-state index contributed by atoms with van der Waals surface area (Å²) >= 11 is 5.25. The average Bonchev–Trinajstić information content (AvgIpc) is 2.82. The number of benzene rings is 1. The summed E-state index contributed by atoms with van der Waals surface area (Å²) in [4.78, 5) is 3.64. The lowest BCUT2D eigenvalue weighted by Crippen LogP contribution is -2.32. The van der Waals surface area contributed by atoms with E-state index in [1.165, 1.54) is 4.88 Å². The topological polar surface area (TPSA) is 12.5 Å². The molecular weight excluding hydrogens is 298 g/mol. The summed E-state index contributed by atoms with van der Waals surface area (Å²) in [5, 5.41) is 2.11. The van der Waals surface area contributed by atoms with Crippen molar-refractivity contribution in [1.29, 1.82) is 0 Å². The maximum absolute atomic E-state index is 5.85. The highest BCUT2D eigenvalue weighted by atomic mass is 79.9. The molecule has 1 aromatic heterocycles. The van der Waals surface area contributed by atoms with Crippen LogP contribution in [-0.2, 0) is 0 Å². The predicted molar refractivity (Wildman–Crippen MR) is 75.1 cm³/mol. The van der Waals surface area contributed by atoms with E-state index < -0.39 is 0 Å². The molecular formula is C13H12BrNOS. The van der Waals surface area contributed by atoms with E-state index >= 15 is 0 Å². The van der Waals surface area contributed by atoms with E-state index in [2.05, 4.69) is 57.5 Å². The fourth-order valence-corrected chi connectivity index (χ4v) is 3.29. The summed E-state index contributed by atoms with van der Waals surface area (Å²) in [5.74, 6) is 0.953. The number of nitrogens with zero attached hydrogens (tertiary/aromatic N) is 1. The van der Waals surface area contributed by atoms with Crippen LogP contribution < -0.4 is 9.64 Å². The Labute approximate surface area is 113 Å². The zero-order valence-corrected chi connectivity index (χ0v) is 11.8. The summed E-state index contributed by atoms with van der Waals surface area (Å²) in [6.45, 7) is 0.709. The first-order valence-corrected chi connectivity index (χ1v) is 7.11. The second-order valence-electron chi connectivity index (χ2n) is 4.07. The molecule has 0 amide bonds. The van der Waals surface area contributed by atoms with Gasteiger partial charge >= 0.3 is 0 Å². The minimum atomic E-state index is 0.323. The van der Waals surface area contributed by atoms with Crippen molar-refractivity contribution in [2.24, 2.45) is 0 Å². The number of fused-ring (bicyclic) bond motifs is 1. The van der Waals surface area contributed by atoms with Gasteiger partial charge in [-0.15, -0.1) is 11.3 Å². The van der Waals surface area contributed by atoms with Crippen LogP contribution in [0.1, 0.15) is 10.9 Å². The molecule has 0 fully saturated rings. The fourth-order valence-electron chi connectivity index (χ4n) is 2.10. The Morgan fingerprint density at radius 2 is 2.29 bits per heavy atom. The molecule has 0 saturated carbocycles. The van der Waals surface area contributed by atoms with E-state index in [1.54, 1.807) is 11.3 Å². The summed E-state index contributed by atoms with van der Waals surface area (Å²) in [5.41, 5.74) is 1.15. The van der Waals surface area contributed by atoms with E-state index in [4.69, 9.17) is 4.74 Å². The first kappa shape index (κ1) is 11.1. The first-order chi connectivity index (χ1) is 8.25. The summed E-state index contributed by atoms with van der Waals surface area (Å²) in [6.07, 6.45) is 0. The zero-order chi connectivity index (χ0) is 11.8. The molecule has 17 heavy (non-hydrogen) atoms. The molecule has 2 heterocycles. The van der Waals surface area contributed by atoms with Gasteiger partial charge in [-0.1, -0.05) is 22.0 Å². The van der Waals surface area contributed by atoms with Crippen LogP contribution in [0.25, 0.3) is 0 Å². The number of ether oxygens (including phenoxy) is 1. The lowest BCUT2D eigenvalue weighted by Gasteiger charge is -2.35. The summed E-state index contributed by atoms with van der Waals surface area (Å²) < 4.78 is 6.90. The number of hydrogen-bond acceptors (Lipinski definition) is 3. The van der Waals surface area contributed by atoms with Crippen molar-refractivity contribution in [3.8, 4) is 5.75 Å². The minimum Gasteiger partial charge on any atom is -0.489 e. The Bertz CT molecular complexity index is 526. The van der Waals surface area contributed by atoms with E-state index in [1.807, 2.05) is 6.07 Å². The van der Waals surface area contributed by atoms with E-state index in [-0.39, 0.29) is 0 Å². The third kappa shape index (κ3) is 1.96. The van der Waals surface area contributed by atoms with Crippen LogP contribution in [0, 0.1) is 0 Å². The van der Waals surface area contributed by atoms with Crippen LogP contribution >= 0.6 is 27.3 Å². The van der Waals surface area contributed by atoms with Gasteiger partial charge in [0.05, 0.1) is 11.7 Å². The maximum Gasteiger partial charge on any atom is 0.143 e. The van der Waals surface area contributed by atoms with Crippen LogP contribution in [0.3, 0.4) is 0 Å². The predicted octanol–water partition coefficient (Wildman–Crippen LogP) is 4.08. The van der Waals surface area contributed by atoms with E-state index in [0.717, 1.165) is 15.9 Å². The molecule has 0 spiro atoms. The Morgan fingerprint density at radius 1 is 1.41 bits per heavy atom. The minimum absolute atomic E-state index is 0.323. The monoisotopic (exact) mass is 309 g/mol. The molecule has 1 aliphatic rings. The van der Waals surface area contributed by atoms with E-state index in [9.17, 15) is 0 Å². The van der Waals surface area contributed by atoms with E-state index in [0.29, 0.717) is 12.6 Å². The van der Waals surface area contributed by atoms with Crippen LogP contribution in [0.15, 0.2) is 40.2 Å². The Hall–Kier alpha value is -1.00. The second-order valence-corrected chi connectivity index (χ2v) is 5.96. The SMILES string of the molecule is CN1c2ccc(Br)cc2OCC1c1cccs1. The summed E-state index contributed by atoms with van der Waals surface area (Å²) in [7, 11) is 2.12. The molecule has 4 heteroatoms. The molecule has 0 bridgehead atoms. The maximum atomic E-state index is 5.85. The number of thiophene rings is 1. The molecule has 2 aromatic rings. The van der Waals surface area contributed by atoms with Gasteiger partial charge in [-0.05, 0) is 29.6 Å². The van der Waals surface area contributed by atoms with Crippen LogP contribution in [-0.4, -0.2) is 13.7 Å². The van der Waals surface area contributed by atoms with Gasteiger partial charge in [0.25, 0.3) is 0 Å². The molecule has 1 aliphatic heterocycles. The largest absolute Gasteiger partial charge is 0.489 e. The molecule has 0 N–H and O–H groups in total. The smallest absolute Gasteiger partial charge is 0.143 e. The van der Waals surface area contributed by atoms with Crippen molar-refractivity contribution < 1.29 is 4.74 Å². The lowest BCUT2D eigenvalue weighted by atomic mass is 10.1. The normalized spacial score (nSPS) is 18.7. The van der Waals surface area contributed by atoms with Gasteiger partial charge in [0.1, 0.15) is 12.4 Å². The number of halogens is 1. The van der Waals surface area contributed by atoms with Crippen molar-refractivity contribution in [3.63, 3.8) is 0 Å². The lowest BCUT2D eigenvalue weighted by molar-refractivity contribution is 0.270. The van der Waals surface area contributed by atoms with Crippen LogP contribution in [0.5, 0.6) is 5.75 Å². The highest BCUT2D eigenvalue weighted by Crippen LogP contribution is 2.40. The molecule has 1 unspecified atom stereocenters. The molecule has 1 aromatic carbocycles. The number of rotatable bonds is 1. The third-order valence-corrected chi connectivity index (χ3v) is 4.50. The van der Waals surface area contributed by atoms with Crippen molar-refractivity contribution in [2.45, 2.75) is 6.04 Å². The van der Waals surface area contributed by atoms with Gasteiger partial charge in [-0.2, -0.15) is 0 Å². The Morgan fingerprint density at radius 3 is 3.06 bits per heavy atom. The third-order valence-electron chi connectivity index (χ3n) is 3.04. The standard InChI is InChI=1S/C13H12BrNOS/c1-15-10-5-4-9(14)7-12(10)16-8-11(15)13-3-2-6-17-13/h2-7,11H,8H2,1H3. The molecule has 0 saturated heterocycles. The highest BCUT2D eigenvalue weighted by Gasteiger charge is 2.26. The molecule has 1 atom stereocenters. The van der Waals surface area contributed by atoms with Gasteiger partial charge in [0, 0.05) is 16.4 Å². The van der Waals surface area contributed by atoms with Crippen molar-refractivity contribution >= 4 is 33.0 Å². The van der Waals surface area contributed by atoms with Gasteiger partial charge in [0.15, 0.2) is 0 Å². The van der Waals surface area contributed by atoms with Gasteiger partial charge < -0.3 is 9.64 Å². The Balaban J connectivity index is 1.98. The molecule has 2 nitrogen and oxygen atoms in total. The quantitative estimate of drug-likeness (QED) is 0.787. The van der Waals surface area contributed by atoms with Gasteiger partial charge in [0.2, 0.25) is 0 Å². The van der Waals surface area contributed by atoms with Crippen LogP contribution in [0.4, 0.5) is 5.69 Å². The summed E-state index contributed by atoms with van der Waals surface area (Å²) in [6, 6.07) is 10.7.